The Morgan fingerprint density at radius 3 is 2.60 bits per heavy atom. The first-order valence-corrected chi connectivity index (χ1v) is 8.15. The van der Waals surface area contributed by atoms with E-state index >= 15 is 0 Å². The lowest BCUT2D eigenvalue weighted by molar-refractivity contribution is -0.138. The summed E-state index contributed by atoms with van der Waals surface area (Å²) in [6.45, 7) is 4.30. The lowest BCUT2D eigenvalue weighted by Gasteiger charge is -2.35. The number of aromatic nitrogens is 2. The van der Waals surface area contributed by atoms with Crippen molar-refractivity contribution in [3.05, 3.63) is 48.3 Å². The van der Waals surface area contributed by atoms with Gasteiger partial charge in [-0.05, 0) is 31.2 Å². The predicted octanol–water partition coefficient (Wildman–Crippen LogP) is 1.46. The van der Waals surface area contributed by atoms with Crippen LogP contribution in [-0.2, 0) is 4.79 Å². The molecule has 25 heavy (non-hydrogen) atoms. The first-order chi connectivity index (χ1) is 12.2. The number of rotatable bonds is 4. The number of carbonyl (C=O) groups is 1. The predicted molar refractivity (Wildman–Crippen MR) is 92.1 cm³/mol. The largest absolute Gasteiger partial charge is 0.481 e. The Balaban J connectivity index is 1.56. The van der Waals surface area contributed by atoms with Crippen LogP contribution in [0.1, 0.15) is 12.5 Å². The molecule has 1 saturated heterocycles. The Kier molecular flexibility index (Phi) is 5.09. The van der Waals surface area contributed by atoms with Crippen LogP contribution >= 0.6 is 0 Å². The number of anilines is 1. The second kappa shape index (κ2) is 7.62. The molecule has 1 aliphatic rings. The van der Waals surface area contributed by atoms with E-state index in [1.807, 2.05) is 0 Å². The molecule has 0 N–H and O–H groups in total. The van der Waals surface area contributed by atoms with Gasteiger partial charge in [0.05, 0.1) is 11.6 Å². The van der Waals surface area contributed by atoms with Crippen LogP contribution in [0.15, 0.2) is 42.7 Å². The molecule has 1 unspecified atom stereocenters. The van der Waals surface area contributed by atoms with E-state index in [4.69, 9.17) is 10.00 Å². The zero-order chi connectivity index (χ0) is 17.6. The molecule has 1 atom stereocenters. The van der Waals surface area contributed by atoms with Gasteiger partial charge < -0.3 is 14.5 Å². The molecular weight excluding hydrogens is 318 g/mol. The van der Waals surface area contributed by atoms with Crippen LogP contribution in [0.2, 0.25) is 0 Å². The highest BCUT2D eigenvalue weighted by Crippen LogP contribution is 2.16. The average Bonchev–Trinajstić information content (AvgIpc) is 2.68. The summed E-state index contributed by atoms with van der Waals surface area (Å²) in [5.41, 5.74) is 0.508. The first kappa shape index (κ1) is 16.7. The topological polar surface area (TPSA) is 82.4 Å². The fourth-order valence-corrected chi connectivity index (χ4v) is 2.73. The van der Waals surface area contributed by atoms with Gasteiger partial charge in [-0.25, -0.2) is 9.97 Å². The highest BCUT2D eigenvalue weighted by Gasteiger charge is 2.26. The second-order valence-electron chi connectivity index (χ2n) is 5.76. The fraction of sp³-hybridized carbons (Fsp3) is 0.333. The number of hydrogen-bond acceptors (Lipinski definition) is 6. The van der Waals surface area contributed by atoms with Gasteiger partial charge in [0.15, 0.2) is 6.10 Å². The van der Waals surface area contributed by atoms with Gasteiger partial charge >= 0.3 is 0 Å². The number of carbonyl (C=O) groups excluding carboxylic acids is 1. The molecule has 1 aliphatic heterocycles. The van der Waals surface area contributed by atoms with Crippen LogP contribution in [0.25, 0.3) is 0 Å². The number of nitrogens with zero attached hydrogens (tertiary/aromatic N) is 5. The van der Waals surface area contributed by atoms with E-state index < -0.39 is 6.10 Å². The molecule has 7 heteroatoms. The van der Waals surface area contributed by atoms with Gasteiger partial charge in [0.25, 0.3) is 5.91 Å². The van der Waals surface area contributed by atoms with E-state index in [0.29, 0.717) is 43.4 Å². The molecule has 1 fully saturated rings. The summed E-state index contributed by atoms with van der Waals surface area (Å²) in [6, 6.07) is 10.7. The van der Waals surface area contributed by atoms with Crippen LogP contribution < -0.4 is 9.64 Å². The van der Waals surface area contributed by atoms with Crippen LogP contribution in [-0.4, -0.2) is 53.1 Å². The number of amides is 1. The summed E-state index contributed by atoms with van der Waals surface area (Å²) in [7, 11) is 0. The molecule has 0 spiro atoms. The normalized spacial score (nSPS) is 15.4. The van der Waals surface area contributed by atoms with Crippen molar-refractivity contribution in [3.63, 3.8) is 0 Å². The van der Waals surface area contributed by atoms with Gasteiger partial charge in [0.2, 0.25) is 5.95 Å². The molecular formula is C18H19N5O2. The zero-order valence-electron chi connectivity index (χ0n) is 14.0. The molecule has 0 bridgehead atoms. The third kappa shape index (κ3) is 4.04. The molecule has 128 valence electrons. The highest BCUT2D eigenvalue weighted by atomic mass is 16.5. The maximum Gasteiger partial charge on any atom is 0.263 e. The lowest BCUT2D eigenvalue weighted by Crippen LogP contribution is -2.52. The number of nitriles is 1. The minimum absolute atomic E-state index is 0.0593. The summed E-state index contributed by atoms with van der Waals surface area (Å²) in [6.07, 6.45) is 2.82. The zero-order valence-corrected chi connectivity index (χ0v) is 14.0. The van der Waals surface area contributed by atoms with Gasteiger partial charge in [0, 0.05) is 38.6 Å². The van der Waals surface area contributed by atoms with Crippen LogP contribution in [0.4, 0.5) is 5.95 Å². The van der Waals surface area contributed by atoms with E-state index in [2.05, 4.69) is 20.9 Å². The molecule has 1 aromatic heterocycles. The maximum absolute atomic E-state index is 12.6. The summed E-state index contributed by atoms with van der Waals surface area (Å²) in [5.74, 6) is 1.15. The van der Waals surface area contributed by atoms with Crippen molar-refractivity contribution in [1.29, 1.82) is 5.26 Å². The highest BCUT2D eigenvalue weighted by molar-refractivity contribution is 5.81. The van der Waals surface area contributed by atoms with Crippen molar-refractivity contribution in [2.24, 2.45) is 0 Å². The van der Waals surface area contributed by atoms with Crippen LogP contribution in [0.3, 0.4) is 0 Å². The van der Waals surface area contributed by atoms with Crippen LogP contribution in [0, 0.1) is 11.3 Å². The number of ether oxygens (including phenoxy) is 1. The van der Waals surface area contributed by atoms with E-state index in [1.165, 1.54) is 0 Å². The lowest BCUT2D eigenvalue weighted by atomic mass is 10.2. The van der Waals surface area contributed by atoms with E-state index in [1.54, 1.807) is 54.5 Å². The van der Waals surface area contributed by atoms with Gasteiger partial charge in [-0.1, -0.05) is 6.07 Å². The summed E-state index contributed by atoms with van der Waals surface area (Å²) >= 11 is 0. The summed E-state index contributed by atoms with van der Waals surface area (Å²) in [4.78, 5) is 24.9. The van der Waals surface area contributed by atoms with Crippen molar-refractivity contribution in [2.45, 2.75) is 13.0 Å². The van der Waals surface area contributed by atoms with Gasteiger partial charge in [-0.15, -0.1) is 0 Å². The van der Waals surface area contributed by atoms with Gasteiger partial charge in [0.1, 0.15) is 5.75 Å². The average molecular weight is 337 g/mol. The Hall–Kier alpha value is -3.14. The van der Waals surface area contributed by atoms with E-state index in [-0.39, 0.29) is 5.91 Å². The van der Waals surface area contributed by atoms with Crippen molar-refractivity contribution in [1.82, 2.24) is 14.9 Å². The van der Waals surface area contributed by atoms with Crippen molar-refractivity contribution >= 4 is 11.9 Å². The molecule has 7 nitrogen and oxygen atoms in total. The Morgan fingerprint density at radius 2 is 1.92 bits per heavy atom. The Morgan fingerprint density at radius 1 is 1.20 bits per heavy atom. The Labute approximate surface area is 146 Å². The molecule has 1 amide bonds. The SMILES string of the molecule is CC(Oc1cccc(C#N)c1)C(=O)N1CCN(c2ncccn2)CC1. The third-order valence-electron chi connectivity index (χ3n) is 4.05. The quantitative estimate of drug-likeness (QED) is 0.840. The summed E-state index contributed by atoms with van der Waals surface area (Å²) in [5, 5.41) is 8.93. The maximum atomic E-state index is 12.6. The molecule has 0 saturated carbocycles. The molecule has 2 heterocycles. The molecule has 0 aliphatic carbocycles. The summed E-state index contributed by atoms with van der Waals surface area (Å²) < 4.78 is 5.70. The molecule has 3 rings (SSSR count). The number of benzene rings is 1. The minimum atomic E-state index is -0.603. The number of piperazine rings is 1. The standard InChI is InChI=1S/C18H19N5O2/c1-14(25-16-5-2-4-15(12-16)13-19)17(24)22-8-10-23(11-9-22)18-20-6-3-7-21-18/h2-7,12,14H,8-11H2,1H3. The first-order valence-electron chi connectivity index (χ1n) is 8.15. The van der Waals surface area contributed by atoms with Crippen LogP contribution in [0.5, 0.6) is 5.75 Å². The monoisotopic (exact) mass is 337 g/mol. The fourth-order valence-electron chi connectivity index (χ4n) is 2.73. The van der Waals surface area contributed by atoms with Crippen molar-refractivity contribution in [2.75, 3.05) is 31.1 Å². The van der Waals surface area contributed by atoms with Crippen molar-refractivity contribution < 1.29 is 9.53 Å². The molecule has 0 radical (unpaired) electrons. The van der Waals surface area contributed by atoms with Crippen molar-refractivity contribution in [3.8, 4) is 11.8 Å². The molecule has 2 aromatic rings. The molecule has 1 aromatic carbocycles. The number of hydrogen-bond donors (Lipinski definition) is 0. The second-order valence-corrected chi connectivity index (χ2v) is 5.76. The van der Waals surface area contributed by atoms with Gasteiger partial charge in [-0.3, -0.25) is 4.79 Å². The Bertz CT molecular complexity index is 767. The van der Waals surface area contributed by atoms with E-state index in [9.17, 15) is 4.79 Å². The third-order valence-corrected chi connectivity index (χ3v) is 4.05. The van der Waals surface area contributed by atoms with E-state index in [0.717, 1.165) is 0 Å². The van der Waals surface area contributed by atoms with Gasteiger partial charge in [-0.2, -0.15) is 5.26 Å². The smallest absolute Gasteiger partial charge is 0.263 e. The minimum Gasteiger partial charge on any atom is -0.481 e.